The molecular formula is C25H28N4O5. The number of carboxylic acid groups (broad SMARTS) is 1. The molecule has 9 nitrogen and oxygen atoms in total. The zero-order valence-electron chi connectivity index (χ0n) is 19.2. The summed E-state index contributed by atoms with van der Waals surface area (Å²) in [6.45, 7) is 4.03. The van der Waals surface area contributed by atoms with Crippen LogP contribution in [0.3, 0.4) is 0 Å². The van der Waals surface area contributed by atoms with Crippen molar-refractivity contribution >= 4 is 40.7 Å². The third kappa shape index (κ3) is 6.22. The molecular weight excluding hydrogens is 436 g/mol. The molecule has 0 fully saturated rings. The lowest BCUT2D eigenvalue weighted by atomic mass is 10.1. The van der Waals surface area contributed by atoms with Gasteiger partial charge < -0.3 is 15.2 Å². The number of aliphatic carboxylic acids is 1. The van der Waals surface area contributed by atoms with Gasteiger partial charge in [-0.1, -0.05) is 25.1 Å². The fourth-order valence-electron chi connectivity index (χ4n) is 3.46. The van der Waals surface area contributed by atoms with E-state index in [1.165, 1.54) is 5.01 Å². The van der Waals surface area contributed by atoms with Crippen LogP contribution >= 0.6 is 0 Å². The van der Waals surface area contributed by atoms with Gasteiger partial charge in [0.05, 0.1) is 23.6 Å². The van der Waals surface area contributed by atoms with Gasteiger partial charge in [-0.3, -0.25) is 14.9 Å². The normalized spacial score (nSPS) is 14.2. The molecule has 1 heterocycles. The van der Waals surface area contributed by atoms with Crippen LogP contribution in [0.15, 0.2) is 65.4 Å². The van der Waals surface area contributed by atoms with Crippen molar-refractivity contribution in [2.75, 3.05) is 22.2 Å². The van der Waals surface area contributed by atoms with Gasteiger partial charge in [0.25, 0.3) is 5.91 Å². The number of para-hydroxylation sites is 1. The number of carbonyl (C=O) groups excluding carboxylic acids is 2. The standard InChI is InChI=1S/C25H28N4O5/c1-3-17-8-5-6-9-21(17)26-16-20-22(10-7-11-23(30)31)28-29(24(20)32)19-14-12-18(13-15-19)27-25(33)34-4-2/h5-6,8-9,12-16,26H,3-4,7,10-11H2,1-2H3,(H,27,33)(H,30,31). The maximum absolute atomic E-state index is 13.2. The number of carbonyl (C=O) groups is 3. The molecule has 3 rings (SSSR count). The SMILES string of the molecule is CCOC(=O)Nc1ccc(N2N=C(CCCC(=O)O)C(=CNc3ccccc3CC)C2=O)cc1. The third-order valence-corrected chi connectivity index (χ3v) is 5.16. The molecule has 0 saturated heterocycles. The molecule has 0 bridgehead atoms. The van der Waals surface area contributed by atoms with E-state index in [0.29, 0.717) is 35.5 Å². The maximum atomic E-state index is 13.2. The van der Waals surface area contributed by atoms with E-state index in [2.05, 4.69) is 22.7 Å². The summed E-state index contributed by atoms with van der Waals surface area (Å²) >= 11 is 0. The molecule has 3 N–H and O–H groups in total. The lowest BCUT2D eigenvalue weighted by Gasteiger charge is -2.13. The molecule has 0 aliphatic carbocycles. The molecule has 0 atom stereocenters. The molecule has 1 aliphatic rings. The second kappa shape index (κ2) is 11.6. The van der Waals surface area contributed by atoms with Crippen molar-refractivity contribution < 1.29 is 24.2 Å². The Hall–Kier alpha value is -4.14. The number of amides is 2. The number of carboxylic acids is 1. The summed E-state index contributed by atoms with van der Waals surface area (Å²) in [5, 5.41) is 20.6. The van der Waals surface area contributed by atoms with Gasteiger partial charge in [-0.2, -0.15) is 10.1 Å². The highest BCUT2D eigenvalue weighted by atomic mass is 16.5. The van der Waals surface area contributed by atoms with Crippen LogP contribution in [0.2, 0.25) is 0 Å². The molecule has 2 aromatic carbocycles. The first-order chi connectivity index (χ1) is 16.4. The molecule has 0 unspecified atom stereocenters. The fourth-order valence-corrected chi connectivity index (χ4v) is 3.46. The van der Waals surface area contributed by atoms with E-state index in [0.717, 1.165) is 17.7 Å². The Balaban J connectivity index is 1.82. The van der Waals surface area contributed by atoms with Crippen molar-refractivity contribution in [1.82, 2.24) is 0 Å². The van der Waals surface area contributed by atoms with Crippen molar-refractivity contribution in [2.45, 2.75) is 39.5 Å². The number of rotatable bonds is 10. The number of hydrogen-bond donors (Lipinski definition) is 3. The van der Waals surface area contributed by atoms with Crippen LogP contribution < -0.4 is 15.6 Å². The first-order valence-electron chi connectivity index (χ1n) is 11.2. The summed E-state index contributed by atoms with van der Waals surface area (Å²) in [6.07, 6.45) is 2.60. The van der Waals surface area contributed by atoms with Gasteiger partial charge in [-0.25, -0.2) is 4.79 Å². The second-order valence-electron chi connectivity index (χ2n) is 7.52. The van der Waals surface area contributed by atoms with E-state index in [1.807, 2.05) is 24.3 Å². The first-order valence-corrected chi connectivity index (χ1v) is 11.2. The largest absolute Gasteiger partial charge is 0.481 e. The zero-order chi connectivity index (χ0) is 24.5. The second-order valence-corrected chi connectivity index (χ2v) is 7.52. The molecule has 178 valence electrons. The van der Waals surface area contributed by atoms with Gasteiger partial charge >= 0.3 is 12.1 Å². The molecule has 0 spiro atoms. The number of anilines is 3. The van der Waals surface area contributed by atoms with Crippen molar-refractivity contribution in [1.29, 1.82) is 0 Å². The highest BCUT2D eigenvalue weighted by Gasteiger charge is 2.31. The molecule has 1 aliphatic heterocycles. The molecule has 2 amide bonds. The number of ether oxygens (including phenoxy) is 1. The molecule has 0 aromatic heterocycles. The summed E-state index contributed by atoms with van der Waals surface area (Å²) in [7, 11) is 0. The number of aryl methyl sites for hydroxylation is 1. The van der Waals surface area contributed by atoms with E-state index in [1.54, 1.807) is 37.4 Å². The summed E-state index contributed by atoms with van der Waals surface area (Å²) in [5.41, 5.74) is 3.94. The highest BCUT2D eigenvalue weighted by molar-refractivity contribution is 6.30. The molecule has 2 aromatic rings. The Morgan fingerprint density at radius 1 is 1.12 bits per heavy atom. The minimum Gasteiger partial charge on any atom is -0.481 e. The summed E-state index contributed by atoms with van der Waals surface area (Å²) < 4.78 is 4.86. The smallest absolute Gasteiger partial charge is 0.411 e. The average Bonchev–Trinajstić information content (AvgIpc) is 3.13. The van der Waals surface area contributed by atoms with Crippen LogP contribution in [0, 0.1) is 0 Å². The van der Waals surface area contributed by atoms with Crippen LogP contribution in [-0.4, -0.2) is 35.4 Å². The van der Waals surface area contributed by atoms with Crippen LogP contribution in [0.5, 0.6) is 0 Å². The van der Waals surface area contributed by atoms with Crippen molar-refractivity contribution in [2.24, 2.45) is 5.10 Å². The Kier molecular flexibility index (Phi) is 8.39. The molecule has 0 radical (unpaired) electrons. The predicted octanol–water partition coefficient (Wildman–Crippen LogP) is 4.77. The van der Waals surface area contributed by atoms with E-state index in [-0.39, 0.29) is 18.9 Å². The Bertz CT molecular complexity index is 1110. The first kappa shape index (κ1) is 24.5. The van der Waals surface area contributed by atoms with Gasteiger partial charge in [0, 0.05) is 24.0 Å². The number of hydrogen-bond acceptors (Lipinski definition) is 6. The van der Waals surface area contributed by atoms with Gasteiger partial charge in [0.2, 0.25) is 0 Å². The van der Waals surface area contributed by atoms with Crippen molar-refractivity contribution in [3.63, 3.8) is 0 Å². The lowest BCUT2D eigenvalue weighted by molar-refractivity contribution is -0.137. The number of hydrazone groups is 1. The quantitative estimate of drug-likeness (QED) is 0.436. The average molecular weight is 465 g/mol. The maximum Gasteiger partial charge on any atom is 0.411 e. The van der Waals surface area contributed by atoms with Gasteiger partial charge in [-0.15, -0.1) is 0 Å². The number of nitrogens with zero attached hydrogens (tertiary/aromatic N) is 2. The highest BCUT2D eigenvalue weighted by Crippen LogP contribution is 2.27. The number of benzene rings is 2. The Labute approximate surface area is 198 Å². The third-order valence-electron chi connectivity index (χ3n) is 5.16. The minimum atomic E-state index is -0.896. The Morgan fingerprint density at radius 3 is 2.53 bits per heavy atom. The fraction of sp³-hybridized carbons (Fsp3) is 0.280. The molecule has 34 heavy (non-hydrogen) atoms. The van der Waals surface area contributed by atoms with Crippen LogP contribution in [0.1, 0.15) is 38.7 Å². The number of nitrogens with one attached hydrogen (secondary N) is 2. The van der Waals surface area contributed by atoms with Gasteiger partial charge in [0.15, 0.2) is 0 Å². The van der Waals surface area contributed by atoms with Crippen LogP contribution in [0.4, 0.5) is 21.9 Å². The summed E-state index contributed by atoms with van der Waals surface area (Å²) in [6, 6.07) is 14.4. The van der Waals surface area contributed by atoms with Gasteiger partial charge in [0.1, 0.15) is 0 Å². The van der Waals surface area contributed by atoms with Gasteiger partial charge in [-0.05, 0) is 62.1 Å². The Morgan fingerprint density at radius 2 is 1.85 bits per heavy atom. The monoisotopic (exact) mass is 464 g/mol. The van der Waals surface area contributed by atoms with E-state index < -0.39 is 12.1 Å². The van der Waals surface area contributed by atoms with E-state index in [9.17, 15) is 14.4 Å². The molecule has 0 saturated carbocycles. The lowest BCUT2D eigenvalue weighted by Crippen LogP contribution is -2.22. The van der Waals surface area contributed by atoms with E-state index in [4.69, 9.17) is 9.84 Å². The summed E-state index contributed by atoms with van der Waals surface area (Å²) in [5.74, 6) is -1.22. The zero-order valence-corrected chi connectivity index (χ0v) is 19.2. The molecule has 9 heteroatoms. The van der Waals surface area contributed by atoms with E-state index >= 15 is 0 Å². The van der Waals surface area contributed by atoms with Crippen LogP contribution in [-0.2, 0) is 20.7 Å². The summed E-state index contributed by atoms with van der Waals surface area (Å²) in [4.78, 5) is 35.8. The van der Waals surface area contributed by atoms with Crippen molar-refractivity contribution in [3.8, 4) is 0 Å². The minimum absolute atomic E-state index is 0.0131. The topological polar surface area (TPSA) is 120 Å². The predicted molar refractivity (Wildman–Crippen MR) is 131 cm³/mol. The van der Waals surface area contributed by atoms with Crippen LogP contribution in [0.25, 0.3) is 0 Å². The van der Waals surface area contributed by atoms with Crippen molar-refractivity contribution in [3.05, 3.63) is 65.9 Å².